The fourth-order valence-corrected chi connectivity index (χ4v) is 2.34. The maximum absolute atomic E-state index is 5.83. The van der Waals surface area contributed by atoms with Crippen LogP contribution in [0.1, 0.15) is 16.8 Å². The predicted molar refractivity (Wildman–Crippen MR) is 83.8 cm³/mol. The predicted octanol–water partition coefficient (Wildman–Crippen LogP) is 4.07. The van der Waals surface area contributed by atoms with Crippen molar-refractivity contribution in [2.75, 3.05) is 0 Å². The number of hydrogen-bond donors (Lipinski definition) is 0. The van der Waals surface area contributed by atoms with Crippen LogP contribution in [0.4, 0.5) is 0 Å². The lowest BCUT2D eigenvalue weighted by molar-refractivity contribution is 0.300. The molecule has 0 radical (unpaired) electrons. The Hall–Kier alpha value is -2.55. The van der Waals surface area contributed by atoms with Gasteiger partial charge in [-0.05, 0) is 55.3 Å². The van der Waals surface area contributed by atoms with Crippen LogP contribution in [0.5, 0.6) is 5.75 Å². The van der Waals surface area contributed by atoms with Gasteiger partial charge in [-0.2, -0.15) is 5.10 Å². The summed E-state index contributed by atoms with van der Waals surface area (Å²) < 4.78 is 7.69. The molecule has 3 heteroatoms. The van der Waals surface area contributed by atoms with Gasteiger partial charge in [0.1, 0.15) is 18.1 Å². The Bertz CT molecular complexity index is 712. The number of para-hydroxylation sites is 1. The van der Waals surface area contributed by atoms with Crippen LogP contribution in [-0.2, 0) is 6.61 Å². The quantitative estimate of drug-likeness (QED) is 0.719. The summed E-state index contributed by atoms with van der Waals surface area (Å²) in [5, 5.41) is 4.53. The van der Waals surface area contributed by atoms with E-state index in [0.29, 0.717) is 6.61 Å². The minimum Gasteiger partial charge on any atom is -0.487 e. The normalized spacial score (nSPS) is 10.6. The van der Waals surface area contributed by atoms with E-state index < -0.39 is 0 Å². The van der Waals surface area contributed by atoms with E-state index in [-0.39, 0.29) is 0 Å². The first-order chi connectivity index (χ1) is 10.2. The lowest BCUT2D eigenvalue weighted by atomic mass is 10.1. The molecule has 0 atom stereocenters. The second kappa shape index (κ2) is 5.83. The van der Waals surface area contributed by atoms with Crippen LogP contribution in [0, 0.1) is 13.8 Å². The maximum Gasteiger partial charge on any atom is 0.132 e. The summed E-state index contributed by atoms with van der Waals surface area (Å²) >= 11 is 0. The van der Waals surface area contributed by atoms with Crippen LogP contribution in [-0.4, -0.2) is 9.78 Å². The van der Waals surface area contributed by atoms with Gasteiger partial charge >= 0.3 is 0 Å². The average molecular weight is 278 g/mol. The van der Waals surface area contributed by atoms with Crippen molar-refractivity contribution >= 4 is 0 Å². The Kier molecular flexibility index (Phi) is 3.73. The van der Waals surface area contributed by atoms with Crippen LogP contribution in [0.25, 0.3) is 5.69 Å². The Morgan fingerprint density at radius 3 is 2.38 bits per heavy atom. The van der Waals surface area contributed by atoms with E-state index in [1.807, 2.05) is 59.4 Å². The maximum atomic E-state index is 5.83. The summed E-state index contributed by atoms with van der Waals surface area (Å²) in [6.45, 7) is 4.62. The molecule has 3 nitrogen and oxygen atoms in total. The van der Waals surface area contributed by atoms with E-state index in [4.69, 9.17) is 4.74 Å². The molecule has 0 aliphatic carbocycles. The van der Waals surface area contributed by atoms with Gasteiger partial charge in [-0.25, -0.2) is 4.68 Å². The molecular formula is C18H18N2O. The topological polar surface area (TPSA) is 27.1 Å². The average Bonchev–Trinajstić information content (AvgIpc) is 2.94. The zero-order valence-electron chi connectivity index (χ0n) is 12.3. The monoisotopic (exact) mass is 278 g/mol. The number of ether oxygens (including phenoxy) is 1. The van der Waals surface area contributed by atoms with Crippen molar-refractivity contribution in [2.24, 2.45) is 0 Å². The number of hydrogen-bond acceptors (Lipinski definition) is 2. The molecule has 1 aromatic heterocycles. The standard InChI is InChI=1S/C18H18N2O/c1-14-10-15(2)12-18(11-14)21-13-16-8-9-20(19-16)17-6-4-3-5-7-17/h3-12H,13H2,1-2H3. The molecule has 106 valence electrons. The molecule has 0 amide bonds. The number of rotatable bonds is 4. The second-order valence-electron chi connectivity index (χ2n) is 5.20. The summed E-state index contributed by atoms with van der Waals surface area (Å²) in [6, 6.07) is 18.3. The summed E-state index contributed by atoms with van der Waals surface area (Å²) in [6.07, 6.45) is 1.95. The highest BCUT2D eigenvalue weighted by Gasteiger charge is 2.03. The molecule has 0 unspecified atom stereocenters. The molecule has 0 aliphatic heterocycles. The Labute approximate surface area is 124 Å². The minimum atomic E-state index is 0.475. The highest BCUT2D eigenvalue weighted by molar-refractivity contribution is 5.33. The molecule has 0 saturated heterocycles. The smallest absolute Gasteiger partial charge is 0.132 e. The lowest BCUT2D eigenvalue weighted by Gasteiger charge is -2.06. The van der Waals surface area contributed by atoms with E-state index in [1.54, 1.807) is 0 Å². The fraction of sp³-hybridized carbons (Fsp3) is 0.167. The van der Waals surface area contributed by atoms with Crippen molar-refractivity contribution in [1.29, 1.82) is 0 Å². The zero-order valence-corrected chi connectivity index (χ0v) is 12.3. The second-order valence-corrected chi connectivity index (χ2v) is 5.20. The van der Waals surface area contributed by atoms with Gasteiger partial charge in [0.25, 0.3) is 0 Å². The molecule has 0 N–H and O–H groups in total. The van der Waals surface area contributed by atoms with Gasteiger partial charge in [0.15, 0.2) is 0 Å². The number of aromatic nitrogens is 2. The molecule has 1 heterocycles. The summed E-state index contributed by atoms with van der Waals surface area (Å²) in [5.74, 6) is 0.891. The van der Waals surface area contributed by atoms with Crippen LogP contribution in [0.3, 0.4) is 0 Å². The zero-order chi connectivity index (χ0) is 14.7. The van der Waals surface area contributed by atoms with Crippen molar-refractivity contribution in [1.82, 2.24) is 9.78 Å². The Balaban J connectivity index is 1.70. The highest BCUT2D eigenvalue weighted by atomic mass is 16.5. The first-order valence-corrected chi connectivity index (χ1v) is 7.02. The number of benzene rings is 2. The van der Waals surface area contributed by atoms with Gasteiger partial charge in [0, 0.05) is 6.20 Å². The van der Waals surface area contributed by atoms with Crippen molar-refractivity contribution in [3.63, 3.8) is 0 Å². The van der Waals surface area contributed by atoms with Gasteiger partial charge in [-0.1, -0.05) is 24.3 Å². The van der Waals surface area contributed by atoms with E-state index in [9.17, 15) is 0 Å². The highest BCUT2D eigenvalue weighted by Crippen LogP contribution is 2.17. The van der Waals surface area contributed by atoms with E-state index in [0.717, 1.165) is 17.1 Å². The van der Waals surface area contributed by atoms with Crippen molar-refractivity contribution in [3.05, 3.63) is 77.6 Å². The molecule has 0 bridgehead atoms. The first kappa shape index (κ1) is 13.4. The summed E-state index contributed by atoms with van der Waals surface area (Å²) in [4.78, 5) is 0. The molecule has 0 spiro atoms. The Morgan fingerprint density at radius 1 is 0.952 bits per heavy atom. The molecule has 0 aliphatic rings. The lowest BCUT2D eigenvalue weighted by Crippen LogP contribution is -2.00. The van der Waals surface area contributed by atoms with Crippen molar-refractivity contribution < 1.29 is 4.74 Å². The molecule has 2 aromatic carbocycles. The van der Waals surface area contributed by atoms with Gasteiger partial charge in [-0.15, -0.1) is 0 Å². The van der Waals surface area contributed by atoms with Gasteiger partial charge in [-0.3, -0.25) is 0 Å². The molecule has 21 heavy (non-hydrogen) atoms. The largest absolute Gasteiger partial charge is 0.487 e. The first-order valence-electron chi connectivity index (χ1n) is 7.02. The molecular weight excluding hydrogens is 260 g/mol. The van der Waals surface area contributed by atoms with Gasteiger partial charge in [0.2, 0.25) is 0 Å². The summed E-state index contributed by atoms with van der Waals surface area (Å²) in [5.41, 5.74) is 4.38. The SMILES string of the molecule is Cc1cc(C)cc(OCc2ccn(-c3ccccc3)n2)c1. The molecule has 3 aromatic rings. The molecule has 0 fully saturated rings. The Morgan fingerprint density at radius 2 is 1.67 bits per heavy atom. The summed E-state index contributed by atoms with van der Waals surface area (Å²) in [7, 11) is 0. The van der Waals surface area contributed by atoms with Crippen LogP contribution >= 0.6 is 0 Å². The van der Waals surface area contributed by atoms with Gasteiger partial charge < -0.3 is 4.74 Å². The van der Waals surface area contributed by atoms with Crippen LogP contribution < -0.4 is 4.74 Å². The van der Waals surface area contributed by atoms with Crippen molar-refractivity contribution in [3.8, 4) is 11.4 Å². The van der Waals surface area contributed by atoms with Gasteiger partial charge in [0.05, 0.1) is 5.69 Å². The number of aryl methyl sites for hydroxylation is 2. The minimum absolute atomic E-state index is 0.475. The van der Waals surface area contributed by atoms with Crippen LogP contribution in [0.2, 0.25) is 0 Å². The third-order valence-electron chi connectivity index (χ3n) is 3.25. The third-order valence-corrected chi connectivity index (χ3v) is 3.25. The van der Waals surface area contributed by atoms with E-state index in [1.165, 1.54) is 11.1 Å². The van der Waals surface area contributed by atoms with Crippen LogP contribution in [0.15, 0.2) is 60.8 Å². The fourth-order valence-electron chi connectivity index (χ4n) is 2.34. The number of nitrogens with zero attached hydrogens (tertiary/aromatic N) is 2. The molecule has 0 saturated carbocycles. The van der Waals surface area contributed by atoms with E-state index >= 15 is 0 Å². The van der Waals surface area contributed by atoms with E-state index in [2.05, 4.69) is 25.0 Å². The third kappa shape index (κ3) is 3.31. The van der Waals surface area contributed by atoms with Crippen molar-refractivity contribution in [2.45, 2.75) is 20.5 Å². The molecule has 3 rings (SSSR count).